The standard InChI is InChI=1S/C48H76N12O18S2.2Na/c61-15-23-73-31-27-69-19-1-11-49-43-55-44(50-12-2-20-70-28-32-74-24-16-62)58-47(57-43)53-39-9-7-37(41(35-39)77-79(65)66)5-6-38-8-10-40(36-42(38)78-80(67)68)54-48-59-45(51-13-3-21-71-29-33-75-25-17-63)56-46(60-48)52-14-4-22-72-30-34-76-26-18-64;;/h5-10,35-36,61-64H,1-4,11-34H2,(H,65,66)(H,67,68)(H3,49,50,53,55,57,58)(H3,51,52,54,56,59,60);;/q;2*+1/p-2/b6-5+;;. The number of aromatic nitrogens is 6. The van der Waals surface area contributed by atoms with Crippen LogP contribution in [0.25, 0.3) is 12.2 Å². The van der Waals surface area contributed by atoms with Crippen molar-refractivity contribution in [3.63, 3.8) is 0 Å². The number of aliphatic hydroxyl groups is 4. The fourth-order valence-electron chi connectivity index (χ4n) is 6.45. The van der Waals surface area contributed by atoms with Crippen molar-refractivity contribution in [1.29, 1.82) is 0 Å². The summed E-state index contributed by atoms with van der Waals surface area (Å²) in [5.74, 6) is 0.955. The fourth-order valence-corrected chi connectivity index (χ4v) is 7.03. The predicted molar refractivity (Wildman–Crippen MR) is 294 cm³/mol. The van der Waals surface area contributed by atoms with E-state index in [0.29, 0.717) is 143 Å². The Morgan fingerprint density at radius 2 is 0.646 bits per heavy atom. The van der Waals surface area contributed by atoms with Crippen LogP contribution in [0.2, 0.25) is 0 Å². The molecule has 0 amide bonds. The largest absolute Gasteiger partial charge is 1.00 e. The molecule has 0 spiro atoms. The van der Waals surface area contributed by atoms with Crippen molar-refractivity contribution in [2.24, 2.45) is 0 Å². The molecular formula is C48H74N12Na2O18S2. The van der Waals surface area contributed by atoms with Gasteiger partial charge < -0.3 is 108 Å². The zero-order valence-electron chi connectivity index (χ0n) is 46.4. The molecule has 2 aromatic carbocycles. The smallest absolute Gasteiger partial charge is 0.740 e. The molecule has 4 rings (SSSR count). The maximum Gasteiger partial charge on any atom is 1.00 e. The third-order valence-corrected chi connectivity index (χ3v) is 10.6. The zero-order valence-corrected chi connectivity index (χ0v) is 52.1. The molecule has 2 atom stereocenters. The van der Waals surface area contributed by atoms with Crippen molar-refractivity contribution in [3.8, 4) is 11.5 Å². The van der Waals surface area contributed by atoms with E-state index in [9.17, 15) is 17.5 Å². The molecule has 2 aromatic heterocycles. The van der Waals surface area contributed by atoms with E-state index < -0.39 is 22.7 Å². The number of rotatable bonds is 50. The molecule has 2 heterocycles. The molecule has 0 fully saturated rings. The minimum absolute atomic E-state index is 0. The maximum atomic E-state index is 12.0. The summed E-state index contributed by atoms with van der Waals surface area (Å²) in [6, 6.07) is 9.22. The minimum atomic E-state index is -3.00. The van der Waals surface area contributed by atoms with E-state index >= 15 is 0 Å². The number of ether oxygens (including phenoxy) is 8. The van der Waals surface area contributed by atoms with E-state index in [1.54, 1.807) is 24.3 Å². The molecule has 10 N–H and O–H groups in total. The molecule has 0 saturated carbocycles. The summed E-state index contributed by atoms with van der Waals surface area (Å²) in [4.78, 5) is 27.0. The molecule has 0 aliphatic rings. The van der Waals surface area contributed by atoms with Gasteiger partial charge in [-0.2, -0.15) is 29.9 Å². The third kappa shape index (κ3) is 35.0. The molecule has 30 nitrogen and oxygen atoms in total. The maximum absolute atomic E-state index is 12.0. The van der Waals surface area contributed by atoms with E-state index in [-0.39, 0.29) is 170 Å². The Hall–Kier alpha value is -3.66. The van der Waals surface area contributed by atoms with Crippen molar-refractivity contribution in [3.05, 3.63) is 47.5 Å². The van der Waals surface area contributed by atoms with Gasteiger partial charge in [0.05, 0.1) is 106 Å². The number of hydrogen-bond acceptors (Lipinski definition) is 30. The molecule has 0 saturated heterocycles. The number of anilines is 8. The van der Waals surface area contributed by atoms with Gasteiger partial charge in [-0.1, -0.05) is 12.2 Å². The van der Waals surface area contributed by atoms with Gasteiger partial charge in [-0.05, 0) is 49.9 Å². The van der Waals surface area contributed by atoms with Gasteiger partial charge in [-0.25, -0.2) is 8.42 Å². The van der Waals surface area contributed by atoms with Crippen LogP contribution in [0.4, 0.5) is 47.1 Å². The quantitative estimate of drug-likeness (QED) is 0.00860. The molecule has 448 valence electrons. The average molecular weight is 1220 g/mol. The molecule has 0 aliphatic heterocycles. The summed E-state index contributed by atoms with van der Waals surface area (Å²) in [6.07, 6.45) is 5.44. The van der Waals surface area contributed by atoms with Crippen molar-refractivity contribution >= 4 is 81.9 Å². The molecular weight excluding hydrogens is 1140 g/mol. The van der Waals surface area contributed by atoms with Gasteiger partial charge >= 0.3 is 59.1 Å². The number of nitrogens with zero attached hydrogens (tertiary/aromatic N) is 6. The minimum Gasteiger partial charge on any atom is -0.740 e. The second-order valence-corrected chi connectivity index (χ2v) is 17.3. The average Bonchev–Trinajstić information content (AvgIpc) is 3.47. The van der Waals surface area contributed by atoms with Crippen LogP contribution in [0.5, 0.6) is 11.5 Å². The topological polar surface area (TPSA) is 403 Å². The first-order chi connectivity index (χ1) is 39.2. The Morgan fingerprint density at radius 3 is 0.902 bits per heavy atom. The number of hydrogen-bond donors (Lipinski definition) is 10. The van der Waals surface area contributed by atoms with Crippen LogP contribution in [0.1, 0.15) is 36.8 Å². The summed E-state index contributed by atoms with van der Waals surface area (Å²) in [7, 11) is 0. The van der Waals surface area contributed by atoms with E-state index in [0.717, 1.165) is 0 Å². The van der Waals surface area contributed by atoms with Crippen molar-refractivity contribution in [2.75, 3.05) is 190 Å². The van der Waals surface area contributed by atoms with E-state index in [2.05, 4.69) is 61.8 Å². The van der Waals surface area contributed by atoms with Gasteiger partial charge in [-0.15, -0.1) is 0 Å². The number of aliphatic hydroxyl groups excluding tert-OH is 4. The number of nitrogens with one attached hydrogen (secondary N) is 6. The second kappa shape index (κ2) is 48.6. The molecule has 0 bridgehead atoms. The van der Waals surface area contributed by atoms with Gasteiger partial charge in [-0.3, -0.25) is 0 Å². The normalized spacial score (nSPS) is 11.8. The SMILES string of the molecule is O=S([O-])Oc1cc(Nc2nc(NCCCOCCOCCO)nc(NCCCOCCOCCO)n2)ccc1/C=C/c1ccc(Nc2nc(NCCCOCCOCCO)nc(NCCCOCCOCCO)n2)cc1OS(=O)[O-].[Na+].[Na+]. The molecule has 0 radical (unpaired) electrons. The molecule has 2 unspecified atom stereocenters. The third-order valence-electron chi connectivity index (χ3n) is 9.99. The first-order valence-corrected chi connectivity index (χ1v) is 27.8. The van der Waals surface area contributed by atoms with Crippen molar-refractivity contribution in [1.82, 2.24) is 29.9 Å². The van der Waals surface area contributed by atoms with Crippen molar-refractivity contribution in [2.45, 2.75) is 25.7 Å². The molecule has 4 aromatic rings. The van der Waals surface area contributed by atoms with E-state index in [1.807, 2.05) is 0 Å². The van der Waals surface area contributed by atoms with Crippen LogP contribution in [0.15, 0.2) is 36.4 Å². The Kier molecular flexibility index (Phi) is 44.1. The van der Waals surface area contributed by atoms with E-state index in [1.165, 1.54) is 24.3 Å². The summed E-state index contributed by atoms with van der Waals surface area (Å²) in [5.41, 5.74) is 1.24. The first kappa shape index (κ1) is 74.4. The number of benzene rings is 2. The molecule has 82 heavy (non-hydrogen) atoms. The van der Waals surface area contributed by atoms with Crippen LogP contribution in [0.3, 0.4) is 0 Å². The van der Waals surface area contributed by atoms with Crippen LogP contribution < -0.4 is 99.4 Å². The fraction of sp³-hybridized carbons (Fsp3) is 0.583. The van der Waals surface area contributed by atoms with Crippen LogP contribution >= 0.6 is 0 Å². The molecule has 34 heteroatoms. The van der Waals surface area contributed by atoms with Crippen LogP contribution in [-0.2, 0) is 60.6 Å². The Morgan fingerprint density at radius 1 is 0.390 bits per heavy atom. The predicted octanol–water partition coefficient (Wildman–Crippen LogP) is -4.62. The first-order valence-electron chi connectivity index (χ1n) is 25.8. The second-order valence-electron chi connectivity index (χ2n) is 16.2. The summed E-state index contributed by atoms with van der Waals surface area (Å²) < 4.78 is 101. The van der Waals surface area contributed by atoms with Gasteiger partial charge in [0.1, 0.15) is 34.2 Å². The Bertz CT molecular complexity index is 2150. The van der Waals surface area contributed by atoms with Gasteiger partial charge in [0, 0.05) is 87.2 Å². The zero-order chi connectivity index (χ0) is 57.1. The van der Waals surface area contributed by atoms with Gasteiger partial charge in [0.15, 0.2) is 0 Å². The van der Waals surface area contributed by atoms with Gasteiger partial charge in [0.2, 0.25) is 35.7 Å². The van der Waals surface area contributed by atoms with E-state index in [4.69, 9.17) is 66.7 Å². The molecule has 0 aliphatic carbocycles. The Balaban J connectivity index is 0.0000115. The van der Waals surface area contributed by atoms with Gasteiger partial charge in [0.25, 0.3) is 0 Å². The Labute approximate surface area is 526 Å². The summed E-state index contributed by atoms with van der Waals surface area (Å²) in [6.45, 7) is 7.11. The van der Waals surface area contributed by atoms with Crippen LogP contribution in [0, 0.1) is 0 Å². The van der Waals surface area contributed by atoms with Crippen LogP contribution in [-0.4, -0.2) is 226 Å². The van der Waals surface area contributed by atoms with Crippen molar-refractivity contribution < 1.29 is 143 Å². The monoisotopic (exact) mass is 1220 g/mol. The summed E-state index contributed by atoms with van der Waals surface area (Å²) >= 11 is -6.01. The summed E-state index contributed by atoms with van der Waals surface area (Å²) in [5, 5.41) is 54.2.